The lowest BCUT2D eigenvalue weighted by Gasteiger charge is -2.25. The van der Waals surface area contributed by atoms with E-state index in [0.29, 0.717) is 43.6 Å². The third-order valence-corrected chi connectivity index (χ3v) is 7.61. The number of aryl methyl sites for hydroxylation is 2. The molecule has 2 heterocycles. The maximum Gasteiger partial charge on any atom is 0.416 e. The minimum absolute atomic E-state index is 0.0845. The van der Waals surface area contributed by atoms with Gasteiger partial charge in [-0.05, 0) is 49.9 Å². The quantitative estimate of drug-likeness (QED) is 0.221. The number of imidazole rings is 1. The fourth-order valence-corrected chi connectivity index (χ4v) is 5.28. The van der Waals surface area contributed by atoms with Crippen LogP contribution in [0.4, 0.5) is 13.2 Å². The molecule has 0 aliphatic heterocycles. The molecule has 0 spiro atoms. The van der Waals surface area contributed by atoms with Gasteiger partial charge >= 0.3 is 12.1 Å². The number of aromatic nitrogens is 3. The number of carboxylic acid groups (broad SMARTS) is 1. The van der Waals surface area contributed by atoms with E-state index in [1.165, 1.54) is 6.07 Å². The molecule has 4 aromatic rings. The Hall–Kier alpha value is -4.80. The summed E-state index contributed by atoms with van der Waals surface area (Å²) < 4.78 is 40.8. The van der Waals surface area contributed by atoms with Gasteiger partial charge in [0.15, 0.2) is 5.82 Å². The lowest BCUT2D eigenvalue weighted by Crippen LogP contribution is -2.52. The predicted octanol–water partition coefficient (Wildman–Crippen LogP) is 5.95. The Morgan fingerprint density at radius 1 is 0.907 bits per heavy atom. The Balaban J connectivity index is 1.32. The average molecular weight is 591 g/mol. The molecule has 5 rings (SSSR count). The fraction of sp³-hybridized carbons (Fsp3) is 0.281. The van der Waals surface area contributed by atoms with Gasteiger partial charge in [0, 0.05) is 29.6 Å². The number of amides is 1. The summed E-state index contributed by atoms with van der Waals surface area (Å²) in [5.74, 6) is -2.01. The summed E-state index contributed by atoms with van der Waals surface area (Å²) in [7, 11) is 0. The molecule has 1 aliphatic rings. The van der Waals surface area contributed by atoms with Crippen LogP contribution in [0.5, 0.6) is 0 Å². The van der Waals surface area contributed by atoms with E-state index in [1.807, 2.05) is 30.3 Å². The first kappa shape index (κ1) is 29.7. The van der Waals surface area contributed by atoms with Crippen molar-refractivity contribution >= 4 is 17.7 Å². The van der Waals surface area contributed by atoms with Gasteiger partial charge in [0.25, 0.3) is 5.91 Å². The normalized spacial score (nSPS) is 14.4. The van der Waals surface area contributed by atoms with E-state index in [4.69, 9.17) is 0 Å². The van der Waals surface area contributed by atoms with E-state index in [0.717, 1.165) is 42.7 Å². The van der Waals surface area contributed by atoms with Crippen LogP contribution in [0, 0.1) is 0 Å². The SMILES string of the molecule is O=C(NC1(C(=O)O)CCCC1)c1cccc(CCCn2cc(-c3ccccc3)nc2C(=O)c2ccc(C(F)(F)F)cc2)n1. The van der Waals surface area contributed by atoms with Crippen molar-refractivity contribution in [2.45, 2.75) is 56.8 Å². The van der Waals surface area contributed by atoms with Gasteiger partial charge in [-0.1, -0.05) is 61.4 Å². The third-order valence-electron chi connectivity index (χ3n) is 7.61. The second-order valence-corrected chi connectivity index (χ2v) is 10.6. The molecule has 11 heteroatoms. The number of rotatable bonds is 10. The number of hydrogen-bond acceptors (Lipinski definition) is 5. The minimum Gasteiger partial charge on any atom is -0.480 e. The molecule has 43 heavy (non-hydrogen) atoms. The number of benzene rings is 2. The van der Waals surface area contributed by atoms with Crippen LogP contribution in [0.3, 0.4) is 0 Å². The smallest absolute Gasteiger partial charge is 0.416 e. The number of alkyl halides is 3. The Bertz CT molecular complexity index is 1630. The van der Waals surface area contributed by atoms with Gasteiger partial charge in [0.05, 0.1) is 11.3 Å². The van der Waals surface area contributed by atoms with E-state index in [1.54, 1.807) is 22.9 Å². The first-order valence-corrected chi connectivity index (χ1v) is 13.9. The van der Waals surface area contributed by atoms with Crippen LogP contribution in [0.1, 0.15) is 70.0 Å². The van der Waals surface area contributed by atoms with Crippen molar-refractivity contribution in [2.75, 3.05) is 0 Å². The monoisotopic (exact) mass is 590 g/mol. The molecular formula is C32H29F3N4O4. The zero-order valence-electron chi connectivity index (χ0n) is 23.1. The highest BCUT2D eigenvalue weighted by Gasteiger charge is 2.43. The Morgan fingerprint density at radius 3 is 2.26 bits per heavy atom. The molecule has 0 bridgehead atoms. The molecule has 222 valence electrons. The Morgan fingerprint density at radius 2 is 1.60 bits per heavy atom. The topological polar surface area (TPSA) is 114 Å². The van der Waals surface area contributed by atoms with E-state index in [9.17, 15) is 32.7 Å². The molecular weight excluding hydrogens is 561 g/mol. The predicted molar refractivity (Wildman–Crippen MR) is 151 cm³/mol. The standard InChI is InChI=1S/C32H29F3N4O4/c33-32(34,35)23-15-13-22(14-16-23)27(40)28-37-26(21-8-2-1-3-9-21)20-39(28)19-7-11-24-10-6-12-25(36-24)29(41)38-31(30(42)43)17-4-5-18-31/h1-3,6,8-10,12-16,20H,4-5,7,11,17-19H2,(H,38,41)(H,42,43). The average Bonchev–Trinajstić information content (AvgIpc) is 3.65. The molecule has 2 aromatic carbocycles. The van der Waals surface area contributed by atoms with Crippen molar-refractivity contribution in [2.24, 2.45) is 0 Å². The van der Waals surface area contributed by atoms with E-state index < -0.39 is 34.9 Å². The molecule has 8 nitrogen and oxygen atoms in total. The molecule has 2 aromatic heterocycles. The van der Waals surface area contributed by atoms with Gasteiger partial charge in [-0.3, -0.25) is 9.59 Å². The molecule has 1 saturated carbocycles. The van der Waals surface area contributed by atoms with Crippen LogP contribution in [0.15, 0.2) is 79.0 Å². The molecule has 0 radical (unpaired) electrons. The van der Waals surface area contributed by atoms with E-state index in [2.05, 4.69) is 15.3 Å². The first-order chi connectivity index (χ1) is 20.6. The van der Waals surface area contributed by atoms with Crippen molar-refractivity contribution in [3.8, 4) is 11.3 Å². The van der Waals surface area contributed by atoms with Gasteiger partial charge in [-0.2, -0.15) is 13.2 Å². The number of carbonyl (C=O) groups is 3. The number of aliphatic carboxylic acids is 1. The number of ketones is 1. The third kappa shape index (κ3) is 6.66. The van der Waals surface area contributed by atoms with Gasteiger partial charge < -0.3 is 15.0 Å². The van der Waals surface area contributed by atoms with Crippen LogP contribution in [-0.4, -0.2) is 42.8 Å². The van der Waals surface area contributed by atoms with Crippen LogP contribution in [-0.2, 0) is 23.9 Å². The summed E-state index contributed by atoms with van der Waals surface area (Å²) in [5.41, 5.74) is 0.0299. The van der Waals surface area contributed by atoms with Crippen LogP contribution in [0.25, 0.3) is 11.3 Å². The van der Waals surface area contributed by atoms with Crippen molar-refractivity contribution in [3.05, 3.63) is 107 Å². The summed E-state index contributed by atoms with van der Waals surface area (Å²) >= 11 is 0. The Labute approximate surface area is 245 Å². The molecule has 1 aliphatic carbocycles. The van der Waals surface area contributed by atoms with Gasteiger partial charge in [-0.25, -0.2) is 14.8 Å². The van der Waals surface area contributed by atoms with Crippen LogP contribution >= 0.6 is 0 Å². The summed E-state index contributed by atoms with van der Waals surface area (Å²) in [6, 6.07) is 18.2. The van der Waals surface area contributed by atoms with E-state index >= 15 is 0 Å². The number of carbonyl (C=O) groups excluding carboxylic acids is 2. The van der Waals surface area contributed by atoms with Crippen molar-refractivity contribution < 1.29 is 32.7 Å². The lowest BCUT2D eigenvalue weighted by molar-refractivity contribution is -0.144. The Kier molecular flexibility index (Phi) is 8.43. The van der Waals surface area contributed by atoms with E-state index in [-0.39, 0.29) is 17.1 Å². The molecule has 0 unspecified atom stereocenters. The van der Waals surface area contributed by atoms with Crippen molar-refractivity contribution in [1.82, 2.24) is 19.9 Å². The summed E-state index contributed by atoms with van der Waals surface area (Å²) in [6.45, 7) is 0.349. The number of hydrogen-bond donors (Lipinski definition) is 2. The number of pyridine rings is 1. The molecule has 0 saturated heterocycles. The van der Waals surface area contributed by atoms with Crippen molar-refractivity contribution in [1.29, 1.82) is 0 Å². The molecule has 0 atom stereocenters. The van der Waals surface area contributed by atoms with Crippen molar-refractivity contribution in [3.63, 3.8) is 0 Å². The van der Waals surface area contributed by atoms with Gasteiger partial charge in [0.2, 0.25) is 5.78 Å². The second-order valence-electron chi connectivity index (χ2n) is 10.6. The molecule has 2 N–H and O–H groups in total. The second kappa shape index (κ2) is 12.2. The first-order valence-electron chi connectivity index (χ1n) is 13.9. The summed E-state index contributed by atoms with van der Waals surface area (Å²) in [5, 5.41) is 12.3. The van der Waals surface area contributed by atoms with Gasteiger partial charge in [0.1, 0.15) is 11.2 Å². The highest BCUT2D eigenvalue weighted by Crippen LogP contribution is 2.31. The summed E-state index contributed by atoms with van der Waals surface area (Å²) in [4.78, 5) is 47.1. The van der Waals surface area contributed by atoms with Crippen LogP contribution < -0.4 is 5.32 Å². The number of halogens is 3. The molecule has 1 amide bonds. The zero-order chi connectivity index (χ0) is 30.6. The molecule has 1 fully saturated rings. The lowest BCUT2D eigenvalue weighted by atomic mass is 9.97. The maximum atomic E-state index is 13.4. The minimum atomic E-state index is -4.51. The number of nitrogens with one attached hydrogen (secondary N) is 1. The highest BCUT2D eigenvalue weighted by atomic mass is 19.4. The maximum absolute atomic E-state index is 13.4. The fourth-order valence-electron chi connectivity index (χ4n) is 5.28. The number of nitrogens with zero attached hydrogens (tertiary/aromatic N) is 3. The summed E-state index contributed by atoms with van der Waals surface area (Å²) in [6.07, 6.45) is 0.367. The van der Waals surface area contributed by atoms with Gasteiger partial charge in [-0.15, -0.1) is 0 Å². The largest absolute Gasteiger partial charge is 0.480 e. The number of carboxylic acids is 1. The highest BCUT2D eigenvalue weighted by molar-refractivity contribution is 6.07. The zero-order valence-corrected chi connectivity index (χ0v) is 23.1. The van der Waals surface area contributed by atoms with Crippen LogP contribution in [0.2, 0.25) is 0 Å².